The van der Waals surface area contributed by atoms with E-state index in [9.17, 15) is 9.59 Å². The minimum atomic E-state index is -0.277. The van der Waals surface area contributed by atoms with Crippen molar-refractivity contribution < 1.29 is 14.3 Å². The molecule has 1 saturated heterocycles. The molecule has 1 amide bonds. The van der Waals surface area contributed by atoms with Crippen LogP contribution in [0.3, 0.4) is 0 Å². The number of hydrogen-bond donors (Lipinski definition) is 0. The predicted octanol–water partition coefficient (Wildman–Crippen LogP) is 3.07. The number of thioether (sulfide) groups is 1. The molecule has 0 spiro atoms. The molecule has 1 unspecified atom stereocenters. The lowest BCUT2D eigenvalue weighted by Gasteiger charge is -2.23. The van der Waals surface area contributed by atoms with Gasteiger partial charge in [0.05, 0.1) is 0 Å². The lowest BCUT2D eigenvalue weighted by Crippen LogP contribution is -2.37. The SMILES string of the molecule is CC(=O)SCC1CCCN1C(=O)OCc1ccccc1. The van der Waals surface area contributed by atoms with Gasteiger partial charge in [0.1, 0.15) is 6.61 Å². The summed E-state index contributed by atoms with van der Waals surface area (Å²) in [4.78, 5) is 24.8. The molecule has 1 heterocycles. The van der Waals surface area contributed by atoms with E-state index in [4.69, 9.17) is 4.74 Å². The number of benzene rings is 1. The molecule has 0 N–H and O–H groups in total. The van der Waals surface area contributed by atoms with Crippen LogP contribution in [0.1, 0.15) is 25.3 Å². The normalized spacial score (nSPS) is 18.1. The second-order valence-electron chi connectivity index (χ2n) is 4.83. The van der Waals surface area contributed by atoms with E-state index in [1.165, 1.54) is 11.8 Å². The van der Waals surface area contributed by atoms with Crippen molar-refractivity contribution in [1.82, 2.24) is 4.90 Å². The van der Waals surface area contributed by atoms with Crippen molar-refractivity contribution in [3.8, 4) is 0 Å². The Morgan fingerprint density at radius 3 is 2.80 bits per heavy atom. The Bertz CT molecular complexity index is 463. The molecule has 108 valence electrons. The van der Waals surface area contributed by atoms with Gasteiger partial charge in [0, 0.05) is 25.3 Å². The second kappa shape index (κ2) is 7.33. The first-order valence-corrected chi connectivity index (χ1v) is 7.76. The highest BCUT2D eigenvalue weighted by Gasteiger charge is 2.30. The lowest BCUT2D eigenvalue weighted by molar-refractivity contribution is -0.109. The van der Waals surface area contributed by atoms with E-state index in [2.05, 4.69) is 0 Å². The molecule has 20 heavy (non-hydrogen) atoms. The number of ether oxygens (including phenoxy) is 1. The highest BCUT2D eigenvalue weighted by Crippen LogP contribution is 2.22. The molecule has 1 fully saturated rings. The van der Waals surface area contributed by atoms with E-state index in [1.54, 1.807) is 11.8 Å². The van der Waals surface area contributed by atoms with E-state index < -0.39 is 0 Å². The number of carbonyl (C=O) groups is 2. The van der Waals surface area contributed by atoms with Gasteiger partial charge in [-0.25, -0.2) is 4.79 Å². The van der Waals surface area contributed by atoms with E-state index in [1.807, 2.05) is 30.3 Å². The zero-order chi connectivity index (χ0) is 14.4. The quantitative estimate of drug-likeness (QED) is 0.856. The van der Waals surface area contributed by atoms with Gasteiger partial charge in [0.25, 0.3) is 0 Å². The third-order valence-electron chi connectivity index (χ3n) is 3.30. The monoisotopic (exact) mass is 293 g/mol. The van der Waals surface area contributed by atoms with Gasteiger partial charge in [-0.3, -0.25) is 4.79 Å². The average molecular weight is 293 g/mol. The molecule has 0 aromatic heterocycles. The molecule has 1 aromatic carbocycles. The Morgan fingerprint density at radius 1 is 1.35 bits per heavy atom. The number of likely N-dealkylation sites (tertiary alicyclic amines) is 1. The predicted molar refractivity (Wildman–Crippen MR) is 79.5 cm³/mol. The fourth-order valence-electron chi connectivity index (χ4n) is 2.27. The Hall–Kier alpha value is -1.49. The van der Waals surface area contributed by atoms with Gasteiger partial charge in [-0.2, -0.15) is 0 Å². The van der Waals surface area contributed by atoms with E-state index in [-0.39, 0.29) is 17.3 Å². The summed E-state index contributed by atoms with van der Waals surface area (Å²) >= 11 is 1.28. The first-order valence-electron chi connectivity index (χ1n) is 6.77. The number of carbonyl (C=O) groups excluding carboxylic acids is 2. The Labute approximate surface area is 123 Å². The van der Waals surface area contributed by atoms with Gasteiger partial charge < -0.3 is 9.64 Å². The topological polar surface area (TPSA) is 46.6 Å². The summed E-state index contributed by atoms with van der Waals surface area (Å²) in [6, 6.07) is 9.75. The lowest BCUT2D eigenvalue weighted by atomic mass is 10.2. The molecule has 0 bridgehead atoms. The molecular formula is C15H19NO3S. The van der Waals surface area contributed by atoms with Crippen LogP contribution in [0.2, 0.25) is 0 Å². The highest BCUT2D eigenvalue weighted by atomic mass is 32.2. The fourth-order valence-corrected chi connectivity index (χ4v) is 3.04. The maximum atomic E-state index is 12.1. The van der Waals surface area contributed by atoms with Crippen LogP contribution in [0, 0.1) is 0 Å². The van der Waals surface area contributed by atoms with Crippen molar-refractivity contribution in [1.29, 1.82) is 0 Å². The summed E-state index contributed by atoms with van der Waals surface area (Å²) in [7, 11) is 0. The summed E-state index contributed by atoms with van der Waals surface area (Å²) in [6.07, 6.45) is 1.64. The standard InChI is InChI=1S/C15H19NO3S/c1-12(17)20-11-14-8-5-9-16(14)15(18)19-10-13-6-3-2-4-7-13/h2-4,6-7,14H,5,8-11H2,1H3. The largest absolute Gasteiger partial charge is 0.445 e. The van der Waals surface area contributed by atoms with Gasteiger partial charge in [0.15, 0.2) is 5.12 Å². The number of amides is 1. The summed E-state index contributed by atoms with van der Waals surface area (Å²) in [5.41, 5.74) is 0.981. The molecule has 0 radical (unpaired) electrons. The maximum Gasteiger partial charge on any atom is 0.410 e. The minimum Gasteiger partial charge on any atom is -0.445 e. The van der Waals surface area contributed by atoms with Gasteiger partial charge in [-0.1, -0.05) is 42.1 Å². The van der Waals surface area contributed by atoms with Crippen molar-refractivity contribution >= 4 is 23.0 Å². The third kappa shape index (κ3) is 4.27. The van der Waals surface area contributed by atoms with Gasteiger partial charge >= 0.3 is 6.09 Å². The summed E-state index contributed by atoms with van der Waals surface area (Å²) in [5, 5.41) is 0.0921. The zero-order valence-electron chi connectivity index (χ0n) is 11.6. The van der Waals surface area contributed by atoms with Crippen LogP contribution in [-0.2, 0) is 16.1 Å². The van der Waals surface area contributed by atoms with E-state index >= 15 is 0 Å². The van der Waals surface area contributed by atoms with Crippen molar-refractivity contribution in [2.45, 2.75) is 32.4 Å². The number of nitrogens with zero attached hydrogens (tertiary/aromatic N) is 1. The fraction of sp³-hybridized carbons (Fsp3) is 0.467. The van der Waals surface area contributed by atoms with Crippen LogP contribution in [0.5, 0.6) is 0 Å². The van der Waals surface area contributed by atoms with Crippen LogP contribution in [-0.4, -0.2) is 34.4 Å². The van der Waals surface area contributed by atoms with Crippen molar-refractivity contribution in [2.75, 3.05) is 12.3 Å². The molecular weight excluding hydrogens is 274 g/mol. The van der Waals surface area contributed by atoms with Crippen molar-refractivity contribution in [3.05, 3.63) is 35.9 Å². The smallest absolute Gasteiger partial charge is 0.410 e. The molecule has 0 saturated carbocycles. The molecule has 0 aliphatic carbocycles. The first kappa shape index (κ1) is 14.9. The maximum absolute atomic E-state index is 12.1. The van der Waals surface area contributed by atoms with Crippen LogP contribution in [0.4, 0.5) is 4.79 Å². The molecule has 1 aliphatic rings. The minimum absolute atomic E-state index is 0.0921. The number of rotatable bonds is 4. The zero-order valence-corrected chi connectivity index (χ0v) is 12.4. The van der Waals surface area contributed by atoms with Gasteiger partial charge in [-0.05, 0) is 18.4 Å². The van der Waals surface area contributed by atoms with Crippen LogP contribution >= 0.6 is 11.8 Å². The van der Waals surface area contributed by atoms with Gasteiger partial charge in [0.2, 0.25) is 0 Å². The average Bonchev–Trinajstić information content (AvgIpc) is 2.92. The summed E-state index contributed by atoms with van der Waals surface area (Å²) < 4.78 is 5.34. The molecule has 1 atom stereocenters. The molecule has 2 rings (SSSR count). The van der Waals surface area contributed by atoms with E-state index in [0.29, 0.717) is 12.4 Å². The van der Waals surface area contributed by atoms with Gasteiger partial charge in [-0.15, -0.1) is 0 Å². The summed E-state index contributed by atoms with van der Waals surface area (Å²) in [5.74, 6) is 0.662. The molecule has 1 aliphatic heterocycles. The third-order valence-corrected chi connectivity index (χ3v) is 4.25. The molecule has 5 heteroatoms. The highest BCUT2D eigenvalue weighted by molar-refractivity contribution is 8.13. The Morgan fingerprint density at radius 2 is 2.10 bits per heavy atom. The van der Waals surface area contributed by atoms with Crippen LogP contribution in [0.15, 0.2) is 30.3 Å². The second-order valence-corrected chi connectivity index (χ2v) is 6.03. The van der Waals surface area contributed by atoms with Crippen LogP contribution < -0.4 is 0 Å². The Balaban J connectivity index is 1.83. The Kier molecular flexibility index (Phi) is 5.47. The van der Waals surface area contributed by atoms with Crippen molar-refractivity contribution in [3.63, 3.8) is 0 Å². The molecule has 1 aromatic rings. The molecule has 4 nitrogen and oxygen atoms in total. The van der Waals surface area contributed by atoms with Crippen LogP contribution in [0.25, 0.3) is 0 Å². The number of hydrogen-bond acceptors (Lipinski definition) is 4. The first-order chi connectivity index (χ1) is 9.66. The summed E-state index contributed by atoms with van der Waals surface area (Å²) in [6.45, 7) is 2.57. The van der Waals surface area contributed by atoms with Crippen molar-refractivity contribution in [2.24, 2.45) is 0 Å². The van der Waals surface area contributed by atoms with E-state index in [0.717, 1.165) is 24.9 Å².